The number of carbonyl (C=O) groups is 3. The van der Waals surface area contributed by atoms with Gasteiger partial charge in [-0.1, -0.05) is 42.5 Å². The van der Waals surface area contributed by atoms with Gasteiger partial charge in [-0.05, 0) is 43.4 Å². The summed E-state index contributed by atoms with van der Waals surface area (Å²) in [7, 11) is 0. The first-order chi connectivity index (χ1) is 13.9. The number of amides is 2. The van der Waals surface area contributed by atoms with Gasteiger partial charge in [-0.25, -0.2) is 4.79 Å². The zero-order valence-electron chi connectivity index (χ0n) is 16.3. The van der Waals surface area contributed by atoms with Crippen molar-refractivity contribution in [2.45, 2.75) is 38.3 Å². The first-order valence-electron chi connectivity index (χ1n) is 9.62. The lowest BCUT2D eigenvalue weighted by Crippen LogP contribution is -2.50. The Hall–Kier alpha value is -3.19. The van der Waals surface area contributed by atoms with Gasteiger partial charge in [0.2, 0.25) is 11.8 Å². The molecule has 1 saturated heterocycles. The average Bonchev–Trinajstić information content (AvgIpc) is 3.17. The van der Waals surface area contributed by atoms with Crippen LogP contribution in [0.2, 0.25) is 0 Å². The predicted molar refractivity (Wildman–Crippen MR) is 110 cm³/mol. The fourth-order valence-corrected chi connectivity index (χ4v) is 3.74. The van der Waals surface area contributed by atoms with Crippen molar-refractivity contribution in [2.75, 3.05) is 11.9 Å². The Morgan fingerprint density at radius 1 is 1.17 bits per heavy atom. The molecule has 1 fully saturated rings. The molecule has 0 aromatic heterocycles. The van der Waals surface area contributed by atoms with Crippen LogP contribution in [0.3, 0.4) is 0 Å². The molecule has 1 aliphatic heterocycles. The number of nitrogens with zero attached hydrogens (tertiary/aromatic N) is 1. The van der Waals surface area contributed by atoms with E-state index in [1.54, 1.807) is 25.1 Å². The molecule has 2 amide bonds. The molecule has 0 bridgehead atoms. The summed E-state index contributed by atoms with van der Waals surface area (Å²) in [6.45, 7) is 2.13. The van der Waals surface area contributed by atoms with E-state index >= 15 is 0 Å². The highest BCUT2D eigenvalue weighted by atomic mass is 16.4. The van der Waals surface area contributed by atoms with E-state index in [4.69, 9.17) is 5.73 Å². The molecule has 2 aromatic rings. The minimum absolute atomic E-state index is 0.0532. The van der Waals surface area contributed by atoms with Crippen LogP contribution in [0.1, 0.15) is 34.3 Å². The Kier molecular flexibility index (Phi) is 6.29. The number of carbonyl (C=O) groups excluding carboxylic acids is 2. The SMILES string of the molecule is Cc1cccc(NC(=O)C2CCCN2C(=O)C(N)Cc2ccccc2)c1C(=O)O. The molecule has 29 heavy (non-hydrogen) atoms. The van der Waals surface area contributed by atoms with E-state index in [2.05, 4.69) is 5.32 Å². The molecule has 3 rings (SSSR count). The number of aryl methyl sites for hydroxylation is 1. The van der Waals surface area contributed by atoms with Gasteiger partial charge < -0.3 is 21.1 Å². The largest absolute Gasteiger partial charge is 0.478 e. The minimum Gasteiger partial charge on any atom is -0.478 e. The Morgan fingerprint density at radius 2 is 1.90 bits per heavy atom. The standard InChI is InChI=1S/C22H25N3O4/c1-14-7-5-10-17(19(14)22(28)29)24-20(26)18-11-6-12-25(18)21(27)16(23)13-15-8-3-2-4-9-15/h2-5,7-10,16,18H,6,11-13,23H2,1H3,(H,24,26)(H,28,29). The molecule has 152 valence electrons. The van der Waals surface area contributed by atoms with E-state index in [0.717, 1.165) is 5.56 Å². The van der Waals surface area contributed by atoms with Crippen LogP contribution in [-0.2, 0) is 16.0 Å². The molecule has 0 radical (unpaired) electrons. The fraction of sp³-hybridized carbons (Fsp3) is 0.318. The highest BCUT2D eigenvalue weighted by Gasteiger charge is 2.36. The third-order valence-corrected chi connectivity index (χ3v) is 5.20. The van der Waals surface area contributed by atoms with E-state index in [9.17, 15) is 19.5 Å². The van der Waals surface area contributed by atoms with Crippen LogP contribution in [-0.4, -0.2) is 46.4 Å². The Labute approximate surface area is 169 Å². The number of rotatable bonds is 6. The van der Waals surface area contributed by atoms with Gasteiger partial charge in [0.1, 0.15) is 6.04 Å². The summed E-state index contributed by atoms with van der Waals surface area (Å²) in [6.07, 6.45) is 1.61. The van der Waals surface area contributed by atoms with Crippen molar-refractivity contribution in [1.82, 2.24) is 4.90 Å². The molecule has 7 nitrogen and oxygen atoms in total. The van der Waals surface area contributed by atoms with Crippen LogP contribution in [0.5, 0.6) is 0 Å². The third kappa shape index (κ3) is 4.63. The highest BCUT2D eigenvalue weighted by molar-refractivity contribution is 6.04. The maximum absolute atomic E-state index is 12.9. The molecule has 0 saturated carbocycles. The van der Waals surface area contributed by atoms with Crippen LogP contribution in [0.15, 0.2) is 48.5 Å². The number of hydrogen-bond acceptors (Lipinski definition) is 4. The summed E-state index contributed by atoms with van der Waals surface area (Å²) < 4.78 is 0. The second-order valence-electron chi connectivity index (χ2n) is 7.28. The number of nitrogens with two attached hydrogens (primary N) is 1. The van der Waals surface area contributed by atoms with Crippen molar-refractivity contribution in [2.24, 2.45) is 5.73 Å². The third-order valence-electron chi connectivity index (χ3n) is 5.20. The molecule has 2 atom stereocenters. The zero-order valence-corrected chi connectivity index (χ0v) is 16.3. The van der Waals surface area contributed by atoms with Gasteiger partial charge in [0.15, 0.2) is 0 Å². The van der Waals surface area contributed by atoms with Gasteiger partial charge >= 0.3 is 5.97 Å². The van der Waals surface area contributed by atoms with Crippen LogP contribution < -0.4 is 11.1 Å². The number of hydrogen-bond donors (Lipinski definition) is 3. The number of nitrogens with one attached hydrogen (secondary N) is 1. The summed E-state index contributed by atoms with van der Waals surface area (Å²) in [5.41, 5.74) is 7.93. The van der Waals surface area contributed by atoms with Crippen LogP contribution >= 0.6 is 0 Å². The number of anilines is 1. The van der Waals surface area contributed by atoms with Crippen molar-refractivity contribution < 1.29 is 19.5 Å². The van der Waals surface area contributed by atoms with Crippen LogP contribution in [0, 0.1) is 6.92 Å². The maximum atomic E-state index is 12.9. The lowest BCUT2D eigenvalue weighted by Gasteiger charge is -2.27. The number of aromatic carboxylic acids is 1. The number of carboxylic acids is 1. The van der Waals surface area contributed by atoms with Gasteiger partial charge in [0.05, 0.1) is 17.3 Å². The molecule has 2 unspecified atom stereocenters. The van der Waals surface area contributed by atoms with Crippen LogP contribution in [0.4, 0.5) is 5.69 Å². The van der Waals surface area contributed by atoms with Crippen molar-refractivity contribution in [3.05, 3.63) is 65.2 Å². The fourth-order valence-electron chi connectivity index (χ4n) is 3.74. The van der Waals surface area contributed by atoms with E-state index in [0.29, 0.717) is 31.4 Å². The van der Waals surface area contributed by atoms with Gasteiger partial charge in [-0.3, -0.25) is 9.59 Å². The summed E-state index contributed by atoms with van der Waals surface area (Å²) in [4.78, 5) is 38.8. The number of benzene rings is 2. The Balaban J connectivity index is 1.72. The first kappa shape index (κ1) is 20.5. The molecular formula is C22H25N3O4. The Bertz CT molecular complexity index is 914. The number of likely N-dealkylation sites (tertiary alicyclic amines) is 1. The first-order valence-corrected chi connectivity index (χ1v) is 9.62. The molecule has 4 N–H and O–H groups in total. The van der Waals surface area contributed by atoms with Crippen LogP contribution in [0.25, 0.3) is 0 Å². The van der Waals surface area contributed by atoms with Crippen molar-refractivity contribution in [3.8, 4) is 0 Å². The predicted octanol–water partition coefficient (Wildman–Crippen LogP) is 2.19. The van der Waals surface area contributed by atoms with Gasteiger partial charge in [0.25, 0.3) is 0 Å². The van der Waals surface area contributed by atoms with Crippen molar-refractivity contribution in [1.29, 1.82) is 0 Å². The maximum Gasteiger partial charge on any atom is 0.338 e. The lowest BCUT2D eigenvalue weighted by atomic mass is 10.0. The normalized spacial score (nSPS) is 17.0. The second-order valence-corrected chi connectivity index (χ2v) is 7.28. The summed E-state index contributed by atoms with van der Waals surface area (Å²) in [5.74, 6) is -1.77. The van der Waals surface area contributed by atoms with Gasteiger partial charge in [0, 0.05) is 6.54 Å². The van der Waals surface area contributed by atoms with E-state index < -0.39 is 24.0 Å². The smallest absolute Gasteiger partial charge is 0.338 e. The molecule has 1 aliphatic rings. The second kappa shape index (κ2) is 8.87. The quantitative estimate of drug-likeness (QED) is 0.694. The van der Waals surface area contributed by atoms with E-state index in [-0.39, 0.29) is 17.2 Å². The van der Waals surface area contributed by atoms with Crippen molar-refractivity contribution >= 4 is 23.5 Å². The molecule has 2 aromatic carbocycles. The molecule has 0 aliphatic carbocycles. The zero-order chi connectivity index (χ0) is 21.0. The van der Waals surface area contributed by atoms with E-state index in [1.807, 2.05) is 30.3 Å². The van der Waals surface area contributed by atoms with Gasteiger partial charge in [-0.2, -0.15) is 0 Å². The summed E-state index contributed by atoms with van der Waals surface area (Å²) >= 11 is 0. The Morgan fingerprint density at radius 3 is 2.59 bits per heavy atom. The lowest BCUT2D eigenvalue weighted by molar-refractivity contribution is -0.137. The van der Waals surface area contributed by atoms with E-state index in [1.165, 1.54) is 4.90 Å². The topological polar surface area (TPSA) is 113 Å². The minimum atomic E-state index is -1.11. The van der Waals surface area contributed by atoms with Crippen molar-refractivity contribution in [3.63, 3.8) is 0 Å². The highest BCUT2D eigenvalue weighted by Crippen LogP contribution is 2.24. The summed E-state index contributed by atoms with van der Waals surface area (Å²) in [6, 6.07) is 13.0. The molecule has 7 heteroatoms. The monoisotopic (exact) mass is 395 g/mol. The number of carboxylic acid groups (broad SMARTS) is 1. The van der Waals surface area contributed by atoms with Gasteiger partial charge in [-0.15, -0.1) is 0 Å². The summed E-state index contributed by atoms with van der Waals surface area (Å²) in [5, 5.41) is 12.1. The molecule has 0 spiro atoms. The molecular weight excluding hydrogens is 370 g/mol. The molecule has 1 heterocycles. The average molecular weight is 395 g/mol.